The van der Waals surface area contributed by atoms with E-state index in [9.17, 15) is 9.59 Å². The van der Waals surface area contributed by atoms with Gasteiger partial charge < -0.3 is 20.2 Å². The van der Waals surface area contributed by atoms with E-state index in [1.54, 1.807) is 4.90 Å². The van der Waals surface area contributed by atoms with Crippen molar-refractivity contribution in [3.63, 3.8) is 0 Å². The number of nitrogens with zero attached hydrogens (tertiary/aromatic N) is 2. The van der Waals surface area contributed by atoms with Crippen molar-refractivity contribution >= 4 is 12.0 Å². The van der Waals surface area contributed by atoms with Gasteiger partial charge >= 0.3 is 12.0 Å². The third-order valence-corrected chi connectivity index (χ3v) is 4.05. The molecule has 2 unspecified atom stereocenters. The number of nitrogens with one attached hydrogen (secondary N) is 1. The van der Waals surface area contributed by atoms with Crippen molar-refractivity contribution in [3.8, 4) is 0 Å². The first-order valence-corrected chi connectivity index (χ1v) is 7.35. The maximum atomic E-state index is 12.1. The maximum Gasteiger partial charge on any atom is 0.317 e. The number of rotatable bonds is 6. The second-order valence-corrected chi connectivity index (χ2v) is 5.73. The number of carboxylic acids is 1. The molecule has 0 aromatic carbocycles. The van der Waals surface area contributed by atoms with E-state index in [4.69, 9.17) is 5.11 Å². The molecule has 0 bridgehead atoms. The van der Waals surface area contributed by atoms with Gasteiger partial charge in [-0.3, -0.25) is 4.79 Å². The lowest BCUT2D eigenvalue weighted by Crippen LogP contribution is -2.51. The van der Waals surface area contributed by atoms with Gasteiger partial charge in [0.25, 0.3) is 0 Å². The lowest BCUT2D eigenvalue weighted by Gasteiger charge is -2.36. The normalized spacial score (nSPS) is 21.2. The number of likely N-dealkylation sites (tertiary alicyclic amines) is 1. The highest BCUT2D eigenvalue weighted by Gasteiger charge is 2.24. The number of piperidine rings is 1. The summed E-state index contributed by atoms with van der Waals surface area (Å²) in [7, 11) is 3.88. The van der Waals surface area contributed by atoms with Crippen LogP contribution in [0.15, 0.2) is 0 Å². The Hall–Kier alpha value is -1.30. The summed E-state index contributed by atoms with van der Waals surface area (Å²) in [5.41, 5.74) is 0. The van der Waals surface area contributed by atoms with Gasteiger partial charge in [-0.05, 0) is 32.4 Å². The molecule has 20 heavy (non-hydrogen) atoms. The Morgan fingerprint density at radius 1 is 1.50 bits per heavy atom. The number of carbonyl (C=O) groups excluding carboxylic acids is 1. The van der Waals surface area contributed by atoms with E-state index in [1.807, 2.05) is 14.0 Å². The molecule has 0 aromatic rings. The van der Waals surface area contributed by atoms with Gasteiger partial charge in [0.15, 0.2) is 0 Å². The third-order valence-electron chi connectivity index (χ3n) is 4.05. The van der Waals surface area contributed by atoms with E-state index in [0.717, 1.165) is 32.4 Å². The Morgan fingerprint density at radius 2 is 2.20 bits per heavy atom. The Morgan fingerprint density at radius 3 is 2.75 bits per heavy atom. The topological polar surface area (TPSA) is 72.9 Å². The molecular formula is C14H27N3O3. The molecule has 0 spiro atoms. The molecule has 116 valence electrons. The molecule has 0 aliphatic carbocycles. The molecule has 0 saturated carbocycles. The maximum absolute atomic E-state index is 12.1. The molecule has 6 nitrogen and oxygen atoms in total. The van der Waals surface area contributed by atoms with Gasteiger partial charge in [-0.15, -0.1) is 0 Å². The summed E-state index contributed by atoms with van der Waals surface area (Å²) in [6, 6.07) is 0.141. The van der Waals surface area contributed by atoms with Crippen molar-refractivity contribution in [2.75, 3.05) is 33.7 Å². The minimum absolute atomic E-state index is 0.00104. The molecular weight excluding hydrogens is 258 g/mol. The summed E-state index contributed by atoms with van der Waals surface area (Å²) in [5.74, 6) is -0.813. The van der Waals surface area contributed by atoms with Crippen molar-refractivity contribution in [2.24, 2.45) is 5.92 Å². The number of carboxylic acid groups (broad SMARTS) is 1. The molecule has 1 rings (SSSR count). The van der Waals surface area contributed by atoms with Crippen LogP contribution < -0.4 is 5.32 Å². The van der Waals surface area contributed by atoms with Crippen LogP contribution in [-0.4, -0.2) is 66.7 Å². The summed E-state index contributed by atoms with van der Waals surface area (Å²) >= 11 is 0. The highest BCUT2D eigenvalue weighted by molar-refractivity contribution is 5.74. The minimum Gasteiger partial charge on any atom is -0.481 e. The average Bonchev–Trinajstić information content (AvgIpc) is 2.41. The molecule has 1 fully saturated rings. The number of carbonyl (C=O) groups is 2. The van der Waals surface area contributed by atoms with Crippen LogP contribution in [0.5, 0.6) is 0 Å². The molecule has 0 radical (unpaired) electrons. The zero-order valence-electron chi connectivity index (χ0n) is 12.8. The van der Waals surface area contributed by atoms with Crippen molar-refractivity contribution in [2.45, 2.75) is 38.6 Å². The number of hydrogen-bond donors (Lipinski definition) is 2. The zero-order chi connectivity index (χ0) is 15.1. The molecule has 1 heterocycles. The number of urea groups is 1. The predicted octanol–water partition coefficient (Wildman–Crippen LogP) is 1.22. The van der Waals surface area contributed by atoms with E-state index in [1.165, 1.54) is 0 Å². The lowest BCUT2D eigenvalue weighted by atomic mass is 10.0. The Kier molecular flexibility index (Phi) is 6.78. The van der Waals surface area contributed by atoms with Gasteiger partial charge in [0.1, 0.15) is 0 Å². The van der Waals surface area contributed by atoms with E-state index in [0.29, 0.717) is 6.54 Å². The van der Waals surface area contributed by atoms with Crippen LogP contribution in [0.3, 0.4) is 0 Å². The number of amides is 2. The Bertz CT molecular complexity index is 336. The highest BCUT2D eigenvalue weighted by atomic mass is 16.4. The highest BCUT2D eigenvalue weighted by Crippen LogP contribution is 2.13. The molecule has 2 atom stereocenters. The second kappa shape index (κ2) is 8.09. The van der Waals surface area contributed by atoms with Crippen molar-refractivity contribution in [3.05, 3.63) is 0 Å². The number of hydrogen-bond acceptors (Lipinski definition) is 3. The quantitative estimate of drug-likeness (QED) is 0.769. The zero-order valence-corrected chi connectivity index (χ0v) is 12.8. The van der Waals surface area contributed by atoms with Crippen LogP contribution in [-0.2, 0) is 4.79 Å². The summed E-state index contributed by atoms with van der Waals surface area (Å²) in [6.07, 6.45) is 2.99. The smallest absolute Gasteiger partial charge is 0.317 e. The minimum atomic E-state index is -0.812. The van der Waals surface area contributed by atoms with Gasteiger partial charge in [0.2, 0.25) is 0 Å². The van der Waals surface area contributed by atoms with Gasteiger partial charge in [-0.2, -0.15) is 0 Å². The Labute approximate surface area is 121 Å². The monoisotopic (exact) mass is 285 g/mol. The first-order chi connectivity index (χ1) is 9.43. The van der Waals surface area contributed by atoms with E-state index in [2.05, 4.69) is 17.3 Å². The SMILES string of the molecule is CCC(CNC(=O)N(C)C1CCCN(C)C1)CC(=O)O. The molecule has 1 aliphatic rings. The first kappa shape index (κ1) is 16.8. The second-order valence-electron chi connectivity index (χ2n) is 5.73. The Balaban J connectivity index is 2.38. The van der Waals surface area contributed by atoms with Crippen LogP contribution in [0, 0.1) is 5.92 Å². The van der Waals surface area contributed by atoms with E-state index >= 15 is 0 Å². The van der Waals surface area contributed by atoms with Gasteiger partial charge in [-0.1, -0.05) is 13.3 Å². The molecule has 1 aliphatic heterocycles. The summed E-state index contributed by atoms with van der Waals surface area (Å²) in [4.78, 5) is 26.8. The van der Waals surface area contributed by atoms with Crippen LogP contribution >= 0.6 is 0 Å². The van der Waals surface area contributed by atoms with Gasteiger partial charge in [0.05, 0.1) is 0 Å². The van der Waals surface area contributed by atoms with Gasteiger partial charge in [-0.25, -0.2) is 4.79 Å². The van der Waals surface area contributed by atoms with Crippen molar-refractivity contribution in [1.29, 1.82) is 0 Å². The summed E-state index contributed by atoms with van der Waals surface area (Å²) < 4.78 is 0. The van der Waals surface area contributed by atoms with Crippen molar-refractivity contribution < 1.29 is 14.7 Å². The molecule has 1 saturated heterocycles. The van der Waals surface area contributed by atoms with Gasteiger partial charge in [0, 0.05) is 32.6 Å². The molecule has 2 amide bonds. The summed E-state index contributed by atoms with van der Waals surface area (Å²) in [5, 5.41) is 11.6. The molecule has 6 heteroatoms. The number of likely N-dealkylation sites (N-methyl/N-ethyl adjacent to an activating group) is 2. The summed E-state index contributed by atoms with van der Waals surface area (Å²) in [6.45, 7) is 4.35. The van der Waals surface area contributed by atoms with E-state index in [-0.39, 0.29) is 24.4 Å². The van der Waals surface area contributed by atoms with Crippen LogP contribution in [0.1, 0.15) is 32.6 Å². The fourth-order valence-electron chi connectivity index (χ4n) is 2.59. The van der Waals surface area contributed by atoms with E-state index < -0.39 is 5.97 Å². The largest absolute Gasteiger partial charge is 0.481 e. The average molecular weight is 285 g/mol. The third kappa shape index (κ3) is 5.36. The van der Waals surface area contributed by atoms with Crippen molar-refractivity contribution in [1.82, 2.24) is 15.1 Å². The van der Waals surface area contributed by atoms with Crippen LogP contribution in [0.25, 0.3) is 0 Å². The first-order valence-electron chi connectivity index (χ1n) is 7.35. The standard InChI is InChI=1S/C14H27N3O3/c1-4-11(8-13(18)19)9-15-14(20)17(3)12-6-5-7-16(2)10-12/h11-12H,4-10H2,1-3H3,(H,15,20)(H,18,19). The fourth-order valence-corrected chi connectivity index (χ4v) is 2.59. The predicted molar refractivity (Wildman–Crippen MR) is 77.7 cm³/mol. The van der Waals surface area contributed by atoms with Crippen LogP contribution in [0.2, 0.25) is 0 Å². The molecule has 0 aromatic heterocycles. The lowest BCUT2D eigenvalue weighted by molar-refractivity contribution is -0.138. The van der Waals surface area contributed by atoms with Crippen LogP contribution in [0.4, 0.5) is 4.79 Å². The molecule has 2 N–H and O–H groups in total. The number of aliphatic carboxylic acids is 1. The fraction of sp³-hybridized carbons (Fsp3) is 0.857.